The monoisotopic (exact) mass is 229 g/mol. The second kappa shape index (κ2) is 4.89. The van der Waals surface area contributed by atoms with Gasteiger partial charge in [0.15, 0.2) is 11.6 Å². The molecule has 1 aromatic carbocycles. The van der Waals surface area contributed by atoms with Crippen molar-refractivity contribution in [3.8, 4) is 0 Å². The average molecular weight is 229 g/mol. The Kier molecular flexibility index (Phi) is 3.99. The molecule has 0 aromatic heterocycles. The summed E-state index contributed by atoms with van der Waals surface area (Å²) in [6.07, 6.45) is 0. The van der Waals surface area contributed by atoms with Gasteiger partial charge >= 0.3 is 0 Å². The lowest BCUT2D eigenvalue weighted by atomic mass is 9.91. The molecule has 1 atom stereocenters. The van der Waals surface area contributed by atoms with Crippen molar-refractivity contribution in [3.05, 3.63) is 35.4 Å². The predicted molar refractivity (Wildman–Crippen MR) is 59.2 cm³/mol. The van der Waals surface area contributed by atoms with Crippen molar-refractivity contribution in [2.45, 2.75) is 25.5 Å². The average Bonchev–Trinajstić information content (AvgIpc) is 2.25. The summed E-state index contributed by atoms with van der Waals surface area (Å²) in [6, 6.07) is 3.74. The van der Waals surface area contributed by atoms with Crippen LogP contribution in [0.5, 0.6) is 0 Å². The van der Waals surface area contributed by atoms with E-state index in [1.54, 1.807) is 20.2 Å². The lowest BCUT2D eigenvalue weighted by molar-refractivity contribution is -0.0101. The van der Waals surface area contributed by atoms with Gasteiger partial charge in [0.05, 0.1) is 11.6 Å². The molecule has 90 valence electrons. The van der Waals surface area contributed by atoms with Crippen LogP contribution in [0.15, 0.2) is 18.2 Å². The fraction of sp³-hybridized carbons (Fsp3) is 0.500. The summed E-state index contributed by atoms with van der Waals surface area (Å²) in [4.78, 5) is 0. The molecule has 2 nitrogen and oxygen atoms in total. The fourth-order valence-corrected chi connectivity index (χ4v) is 1.74. The minimum Gasteiger partial charge on any atom is -0.377 e. The molecular formula is C12H17F2NO. The number of ether oxygens (including phenoxy) is 1. The molecule has 4 heteroatoms. The Morgan fingerprint density at radius 2 is 1.94 bits per heavy atom. The number of hydrogen-bond acceptors (Lipinski definition) is 2. The van der Waals surface area contributed by atoms with Gasteiger partial charge in [0, 0.05) is 12.7 Å². The van der Waals surface area contributed by atoms with Crippen LogP contribution in [0.3, 0.4) is 0 Å². The van der Waals surface area contributed by atoms with Gasteiger partial charge in [-0.15, -0.1) is 0 Å². The fourth-order valence-electron chi connectivity index (χ4n) is 1.74. The Morgan fingerprint density at radius 3 is 2.44 bits per heavy atom. The first-order valence-corrected chi connectivity index (χ1v) is 5.10. The van der Waals surface area contributed by atoms with Crippen molar-refractivity contribution in [1.29, 1.82) is 0 Å². The standard InChI is InChI=1S/C12H17F2NO/c1-12(2,16-4)11(15-3)8-6-5-7-9(13)10(8)14/h5-7,11,15H,1-4H3. The van der Waals surface area contributed by atoms with E-state index in [4.69, 9.17) is 4.74 Å². The molecule has 0 aliphatic rings. The van der Waals surface area contributed by atoms with Gasteiger partial charge in [-0.3, -0.25) is 0 Å². The maximum absolute atomic E-state index is 13.6. The molecule has 0 aliphatic carbocycles. The molecule has 0 fully saturated rings. The minimum absolute atomic E-state index is 0.273. The van der Waals surface area contributed by atoms with Gasteiger partial charge in [0.25, 0.3) is 0 Å². The van der Waals surface area contributed by atoms with E-state index in [0.717, 1.165) is 6.07 Å². The molecule has 0 heterocycles. The van der Waals surface area contributed by atoms with Gasteiger partial charge < -0.3 is 10.1 Å². The molecule has 0 spiro atoms. The van der Waals surface area contributed by atoms with E-state index in [-0.39, 0.29) is 5.56 Å². The molecular weight excluding hydrogens is 212 g/mol. The number of nitrogens with one attached hydrogen (secondary N) is 1. The van der Waals surface area contributed by atoms with E-state index in [2.05, 4.69) is 5.32 Å². The van der Waals surface area contributed by atoms with E-state index in [9.17, 15) is 8.78 Å². The van der Waals surface area contributed by atoms with Crippen LogP contribution in [0, 0.1) is 11.6 Å². The lowest BCUT2D eigenvalue weighted by Gasteiger charge is -2.33. The third kappa shape index (κ3) is 2.39. The maximum Gasteiger partial charge on any atom is 0.163 e. The highest BCUT2D eigenvalue weighted by Crippen LogP contribution is 2.30. The summed E-state index contributed by atoms with van der Waals surface area (Å²) in [6.45, 7) is 3.64. The normalized spacial score (nSPS) is 13.9. The third-order valence-corrected chi connectivity index (χ3v) is 2.80. The summed E-state index contributed by atoms with van der Waals surface area (Å²) in [5.41, 5.74) is -0.349. The van der Waals surface area contributed by atoms with Gasteiger partial charge in [-0.25, -0.2) is 8.78 Å². The van der Waals surface area contributed by atoms with Crippen molar-refractivity contribution in [3.63, 3.8) is 0 Å². The van der Waals surface area contributed by atoms with E-state index < -0.39 is 23.3 Å². The summed E-state index contributed by atoms with van der Waals surface area (Å²) < 4.78 is 32.0. The highest BCUT2D eigenvalue weighted by molar-refractivity contribution is 5.24. The molecule has 1 aromatic rings. The van der Waals surface area contributed by atoms with E-state index in [1.807, 2.05) is 13.8 Å². The van der Waals surface area contributed by atoms with E-state index >= 15 is 0 Å². The summed E-state index contributed by atoms with van der Waals surface area (Å²) in [5.74, 6) is -1.67. The molecule has 1 rings (SSSR count). The molecule has 0 radical (unpaired) electrons. The molecule has 0 aliphatic heterocycles. The SMILES string of the molecule is CNC(c1cccc(F)c1F)C(C)(C)OC. The zero-order chi connectivity index (χ0) is 12.3. The van der Waals surface area contributed by atoms with Gasteiger partial charge in [0.1, 0.15) is 0 Å². The summed E-state index contributed by atoms with van der Waals surface area (Å²) >= 11 is 0. The molecule has 1 unspecified atom stereocenters. The lowest BCUT2D eigenvalue weighted by Crippen LogP contribution is -2.39. The van der Waals surface area contributed by atoms with Crippen molar-refractivity contribution < 1.29 is 13.5 Å². The first kappa shape index (κ1) is 13.1. The van der Waals surface area contributed by atoms with E-state index in [0.29, 0.717) is 0 Å². The van der Waals surface area contributed by atoms with Crippen LogP contribution in [-0.4, -0.2) is 19.8 Å². The van der Waals surface area contributed by atoms with Gasteiger partial charge in [-0.1, -0.05) is 12.1 Å². The first-order chi connectivity index (χ1) is 7.44. The molecule has 0 saturated heterocycles. The van der Waals surface area contributed by atoms with Gasteiger partial charge in [-0.05, 0) is 27.0 Å². The molecule has 16 heavy (non-hydrogen) atoms. The van der Waals surface area contributed by atoms with Crippen LogP contribution in [0.4, 0.5) is 8.78 Å². The summed E-state index contributed by atoms with van der Waals surface area (Å²) in [7, 11) is 3.23. The number of benzene rings is 1. The second-order valence-electron chi connectivity index (χ2n) is 4.17. The number of rotatable bonds is 4. The summed E-state index contributed by atoms with van der Waals surface area (Å²) in [5, 5.41) is 2.95. The van der Waals surface area contributed by atoms with Crippen molar-refractivity contribution in [1.82, 2.24) is 5.32 Å². The smallest absolute Gasteiger partial charge is 0.163 e. The van der Waals surface area contributed by atoms with Crippen LogP contribution in [0.1, 0.15) is 25.5 Å². The minimum atomic E-state index is -0.843. The predicted octanol–water partition coefficient (Wildman–Crippen LogP) is 2.65. The van der Waals surface area contributed by atoms with Gasteiger partial charge in [0.2, 0.25) is 0 Å². The highest BCUT2D eigenvalue weighted by Gasteiger charge is 2.32. The van der Waals surface area contributed by atoms with Crippen LogP contribution in [0.2, 0.25) is 0 Å². The molecule has 0 bridgehead atoms. The van der Waals surface area contributed by atoms with Crippen LogP contribution >= 0.6 is 0 Å². The zero-order valence-corrected chi connectivity index (χ0v) is 9.97. The Bertz CT molecular complexity index is 366. The Labute approximate surface area is 94.6 Å². The number of hydrogen-bond donors (Lipinski definition) is 1. The quantitative estimate of drug-likeness (QED) is 0.857. The number of likely N-dealkylation sites (N-methyl/N-ethyl adjacent to an activating group) is 1. The van der Waals surface area contributed by atoms with Crippen molar-refractivity contribution in [2.75, 3.05) is 14.2 Å². The number of halogens is 2. The van der Waals surface area contributed by atoms with Crippen molar-refractivity contribution in [2.24, 2.45) is 0 Å². The Morgan fingerprint density at radius 1 is 1.31 bits per heavy atom. The zero-order valence-electron chi connectivity index (χ0n) is 9.97. The topological polar surface area (TPSA) is 21.3 Å². The number of methoxy groups -OCH3 is 1. The first-order valence-electron chi connectivity index (χ1n) is 5.10. The highest BCUT2D eigenvalue weighted by atomic mass is 19.2. The van der Waals surface area contributed by atoms with Crippen LogP contribution in [0.25, 0.3) is 0 Å². The second-order valence-corrected chi connectivity index (χ2v) is 4.17. The molecule has 0 saturated carbocycles. The largest absolute Gasteiger partial charge is 0.377 e. The maximum atomic E-state index is 13.6. The molecule has 0 amide bonds. The van der Waals surface area contributed by atoms with E-state index in [1.165, 1.54) is 6.07 Å². The van der Waals surface area contributed by atoms with Crippen LogP contribution in [-0.2, 0) is 4.74 Å². The molecule has 1 N–H and O–H groups in total. The van der Waals surface area contributed by atoms with Crippen LogP contribution < -0.4 is 5.32 Å². The Hall–Kier alpha value is -1.00. The van der Waals surface area contributed by atoms with Crippen molar-refractivity contribution >= 4 is 0 Å². The van der Waals surface area contributed by atoms with Gasteiger partial charge in [-0.2, -0.15) is 0 Å². The third-order valence-electron chi connectivity index (χ3n) is 2.80. The Balaban J connectivity index is 3.19.